The lowest BCUT2D eigenvalue weighted by Crippen LogP contribution is -2.28. The molecule has 1 aliphatic rings. The Labute approximate surface area is 81.3 Å². The molecular formula is C11H22O2. The molecule has 1 saturated carbocycles. The summed E-state index contributed by atoms with van der Waals surface area (Å²) in [6.45, 7) is 4.76. The van der Waals surface area contributed by atoms with Gasteiger partial charge < -0.3 is 9.84 Å². The minimum absolute atomic E-state index is 0.0590. The SMILES string of the molecule is CCOC(CC)C(O)CCC1CC1. The van der Waals surface area contributed by atoms with E-state index in [-0.39, 0.29) is 12.2 Å². The first-order valence-electron chi connectivity index (χ1n) is 5.57. The van der Waals surface area contributed by atoms with Gasteiger partial charge >= 0.3 is 0 Å². The molecule has 1 N–H and O–H groups in total. The van der Waals surface area contributed by atoms with Crippen molar-refractivity contribution < 1.29 is 9.84 Å². The van der Waals surface area contributed by atoms with Crippen molar-refractivity contribution in [3.63, 3.8) is 0 Å². The van der Waals surface area contributed by atoms with Crippen molar-refractivity contribution in [3.05, 3.63) is 0 Å². The Hall–Kier alpha value is -0.0800. The van der Waals surface area contributed by atoms with Crippen molar-refractivity contribution in [1.29, 1.82) is 0 Å². The molecule has 78 valence electrons. The van der Waals surface area contributed by atoms with Crippen LogP contribution in [0, 0.1) is 5.92 Å². The molecule has 0 aromatic carbocycles. The number of aliphatic hydroxyl groups excluding tert-OH is 1. The lowest BCUT2D eigenvalue weighted by molar-refractivity contribution is -0.0383. The smallest absolute Gasteiger partial charge is 0.0831 e. The van der Waals surface area contributed by atoms with Crippen molar-refractivity contribution >= 4 is 0 Å². The van der Waals surface area contributed by atoms with Gasteiger partial charge in [-0.1, -0.05) is 19.8 Å². The molecule has 2 heteroatoms. The molecule has 1 rings (SSSR count). The Bertz CT molecular complexity index is 132. The maximum absolute atomic E-state index is 9.79. The first-order chi connectivity index (χ1) is 6.27. The molecule has 0 heterocycles. The van der Waals surface area contributed by atoms with E-state index in [9.17, 15) is 5.11 Å². The zero-order valence-electron chi connectivity index (χ0n) is 8.83. The summed E-state index contributed by atoms with van der Waals surface area (Å²) in [7, 11) is 0. The number of hydrogen-bond donors (Lipinski definition) is 1. The molecule has 0 aromatic heterocycles. The van der Waals surface area contributed by atoms with Crippen LogP contribution in [0.4, 0.5) is 0 Å². The molecule has 1 fully saturated rings. The third-order valence-corrected chi connectivity index (χ3v) is 2.78. The van der Waals surface area contributed by atoms with Crippen LogP contribution in [0.2, 0.25) is 0 Å². The van der Waals surface area contributed by atoms with Gasteiger partial charge in [0.05, 0.1) is 12.2 Å². The van der Waals surface area contributed by atoms with Gasteiger partial charge in [0.1, 0.15) is 0 Å². The van der Waals surface area contributed by atoms with Crippen LogP contribution in [0.3, 0.4) is 0 Å². The lowest BCUT2D eigenvalue weighted by atomic mass is 10.0. The van der Waals surface area contributed by atoms with Gasteiger partial charge in [-0.25, -0.2) is 0 Å². The standard InChI is InChI=1S/C11H22O2/c1-3-11(13-4-2)10(12)8-7-9-5-6-9/h9-12H,3-8H2,1-2H3. The number of rotatable bonds is 7. The van der Waals surface area contributed by atoms with Gasteiger partial charge in [0, 0.05) is 6.61 Å². The van der Waals surface area contributed by atoms with Crippen LogP contribution in [-0.4, -0.2) is 23.9 Å². The van der Waals surface area contributed by atoms with E-state index < -0.39 is 0 Å². The summed E-state index contributed by atoms with van der Waals surface area (Å²) in [5.74, 6) is 0.911. The third-order valence-electron chi connectivity index (χ3n) is 2.78. The molecule has 2 atom stereocenters. The highest BCUT2D eigenvalue weighted by atomic mass is 16.5. The fourth-order valence-corrected chi connectivity index (χ4v) is 1.71. The van der Waals surface area contributed by atoms with Gasteiger partial charge in [-0.2, -0.15) is 0 Å². The summed E-state index contributed by atoms with van der Waals surface area (Å²) in [4.78, 5) is 0. The Morgan fingerprint density at radius 1 is 1.38 bits per heavy atom. The summed E-state index contributed by atoms with van der Waals surface area (Å²) in [5.41, 5.74) is 0. The monoisotopic (exact) mass is 186 g/mol. The van der Waals surface area contributed by atoms with Gasteiger partial charge in [-0.05, 0) is 32.1 Å². The van der Waals surface area contributed by atoms with Crippen LogP contribution in [0.1, 0.15) is 46.0 Å². The highest BCUT2D eigenvalue weighted by Gasteiger charge is 2.24. The number of ether oxygens (including phenoxy) is 1. The molecule has 0 spiro atoms. The summed E-state index contributed by atoms with van der Waals surface area (Å²) in [6, 6.07) is 0. The fourth-order valence-electron chi connectivity index (χ4n) is 1.71. The topological polar surface area (TPSA) is 29.5 Å². The van der Waals surface area contributed by atoms with E-state index in [1.165, 1.54) is 19.3 Å². The Morgan fingerprint density at radius 2 is 2.08 bits per heavy atom. The highest BCUT2D eigenvalue weighted by Crippen LogP contribution is 2.34. The van der Waals surface area contributed by atoms with E-state index in [0.717, 1.165) is 18.8 Å². The van der Waals surface area contributed by atoms with E-state index in [2.05, 4.69) is 6.92 Å². The van der Waals surface area contributed by atoms with E-state index >= 15 is 0 Å². The minimum atomic E-state index is -0.245. The van der Waals surface area contributed by atoms with E-state index in [4.69, 9.17) is 4.74 Å². The van der Waals surface area contributed by atoms with Gasteiger partial charge in [-0.3, -0.25) is 0 Å². The van der Waals surface area contributed by atoms with Crippen LogP contribution in [-0.2, 0) is 4.74 Å². The zero-order chi connectivity index (χ0) is 9.68. The Morgan fingerprint density at radius 3 is 2.54 bits per heavy atom. The van der Waals surface area contributed by atoms with Gasteiger partial charge in [0.25, 0.3) is 0 Å². The number of hydrogen-bond acceptors (Lipinski definition) is 2. The molecule has 0 aromatic rings. The maximum Gasteiger partial charge on any atom is 0.0831 e. The van der Waals surface area contributed by atoms with Crippen LogP contribution < -0.4 is 0 Å². The molecule has 13 heavy (non-hydrogen) atoms. The maximum atomic E-state index is 9.79. The first kappa shape index (κ1) is 11.0. The quantitative estimate of drug-likeness (QED) is 0.661. The Balaban J connectivity index is 2.12. The highest BCUT2D eigenvalue weighted by molar-refractivity contribution is 4.76. The van der Waals surface area contributed by atoms with Gasteiger partial charge in [0.2, 0.25) is 0 Å². The average molecular weight is 186 g/mol. The summed E-state index contributed by atoms with van der Waals surface area (Å²) < 4.78 is 5.46. The second kappa shape index (κ2) is 5.61. The van der Waals surface area contributed by atoms with Gasteiger partial charge in [0.15, 0.2) is 0 Å². The van der Waals surface area contributed by atoms with Crippen molar-refractivity contribution in [2.24, 2.45) is 5.92 Å². The zero-order valence-corrected chi connectivity index (χ0v) is 8.83. The van der Waals surface area contributed by atoms with E-state index in [1.807, 2.05) is 6.92 Å². The van der Waals surface area contributed by atoms with Crippen LogP contribution in [0.5, 0.6) is 0 Å². The van der Waals surface area contributed by atoms with Crippen molar-refractivity contribution in [3.8, 4) is 0 Å². The Kier molecular flexibility index (Phi) is 4.74. The normalized spacial score (nSPS) is 21.5. The van der Waals surface area contributed by atoms with Crippen LogP contribution in [0.15, 0.2) is 0 Å². The molecule has 0 amide bonds. The fraction of sp³-hybridized carbons (Fsp3) is 1.00. The van der Waals surface area contributed by atoms with E-state index in [1.54, 1.807) is 0 Å². The van der Waals surface area contributed by atoms with Crippen molar-refractivity contribution in [2.75, 3.05) is 6.61 Å². The number of aliphatic hydroxyl groups is 1. The lowest BCUT2D eigenvalue weighted by Gasteiger charge is -2.21. The molecule has 0 bridgehead atoms. The van der Waals surface area contributed by atoms with Crippen LogP contribution >= 0.6 is 0 Å². The predicted octanol–water partition coefficient (Wildman–Crippen LogP) is 2.35. The van der Waals surface area contributed by atoms with Gasteiger partial charge in [-0.15, -0.1) is 0 Å². The first-order valence-corrected chi connectivity index (χ1v) is 5.57. The largest absolute Gasteiger partial charge is 0.390 e. The molecule has 2 unspecified atom stereocenters. The van der Waals surface area contributed by atoms with Crippen LogP contribution in [0.25, 0.3) is 0 Å². The second-order valence-corrected chi connectivity index (χ2v) is 3.99. The summed E-state index contributed by atoms with van der Waals surface area (Å²) >= 11 is 0. The molecule has 1 aliphatic carbocycles. The minimum Gasteiger partial charge on any atom is -0.390 e. The third kappa shape index (κ3) is 4.10. The predicted molar refractivity (Wildman–Crippen MR) is 53.7 cm³/mol. The molecule has 0 saturated heterocycles. The molecule has 0 aliphatic heterocycles. The molecule has 2 nitrogen and oxygen atoms in total. The van der Waals surface area contributed by atoms with Crippen molar-refractivity contribution in [1.82, 2.24) is 0 Å². The summed E-state index contributed by atoms with van der Waals surface area (Å²) in [6.07, 6.45) is 5.58. The van der Waals surface area contributed by atoms with E-state index in [0.29, 0.717) is 6.61 Å². The molecular weight excluding hydrogens is 164 g/mol. The second-order valence-electron chi connectivity index (χ2n) is 3.99. The molecule has 0 radical (unpaired) electrons. The van der Waals surface area contributed by atoms with Crippen molar-refractivity contribution in [2.45, 2.75) is 58.2 Å². The average Bonchev–Trinajstić information content (AvgIpc) is 2.93. The summed E-state index contributed by atoms with van der Waals surface area (Å²) in [5, 5.41) is 9.79.